The fourth-order valence-electron chi connectivity index (χ4n) is 6.11. The molecule has 2 aromatic rings. The largest absolute Gasteiger partial charge is 0.419 e. The molecular formula is C21H25N3O2. The van der Waals surface area contributed by atoms with Crippen molar-refractivity contribution in [2.45, 2.75) is 51.5 Å². The van der Waals surface area contributed by atoms with Gasteiger partial charge in [0.2, 0.25) is 17.7 Å². The Morgan fingerprint density at radius 3 is 2.35 bits per heavy atom. The number of carbonyl (C=O) groups excluding carboxylic acids is 1. The zero-order valence-electron chi connectivity index (χ0n) is 15.0. The van der Waals surface area contributed by atoms with Gasteiger partial charge in [-0.1, -0.05) is 18.2 Å². The molecule has 4 aliphatic rings. The first kappa shape index (κ1) is 16.0. The van der Waals surface area contributed by atoms with E-state index in [0.717, 1.165) is 23.3 Å². The van der Waals surface area contributed by atoms with Gasteiger partial charge in [0.15, 0.2) is 0 Å². The molecule has 0 spiro atoms. The van der Waals surface area contributed by atoms with Crippen LogP contribution in [0.15, 0.2) is 34.7 Å². The number of nitrogens with one attached hydrogen (secondary N) is 1. The highest BCUT2D eigenvalue weighted by Crippen LogP contribution is 2.61. The van der Waals surface area contributed by atoms with E-state index in [1.165, 1.54) is 38.5 Å². The molecule has 0 radical (unpaired) electrons. The number of nitrogens with zero attached hydrogens (tertiary/aromatic N) is 2. The van der Waals surface area contributed by atoms with Crippen molar-refractivity contribution < 1.29 is 9.21 Å². The first-order chi connectivity index (χ1) is 12.7. The third-order valence-electron chi connectivity index (χ3n) is 6.62. The molecule has 1 aromatic heterocycles. The normalized spacial score (nSPS) is 31.9. The van der Waals surface area contributed by atoms with Crippen LogP contribution >= 0.6 is 0 Å². The molecule has 0 unspecified atom stereocenters. The second-order valence-corrected chi connectivity index (χ2v) is 8.74. The fourth-order valence-corrected chi connectivity index (χ4v) is 6.11. The Morgan fingerprint density at radius 2 is 1.69 bits per heavy atom. The molecule has 6 rings (SSSR count). The maximum Gasteiger partial charge on any atom is 0.247 e. The Kier molecular flexibility index (Phi) is 3.84. The Labute approximate surface area is 153 Å². The molecule has 0 saturated heterocycles. The average Bonchev–Trinajstić information content (AvgIpc) is 3.08. The molecule has 4 fully saturated rings. The van der Waals surface area contributed by atoms with E-state index in [9.17, 15) is 4.79 Å². The quantitative estimate of drug-likeness (QED) is 0.885. The molecule has 0 atom stereocenters. The first-order valence-electron chi connectivity index (χ1n) is 9.82. The molecule has 136 valence electrons. The van der Waals surface area contributed by atoms with Crippen molar-refractivity contribution in [2.24, 2.45) is 23.2 Å². The van der Waals surface area contributed by atoms with Crippen LogP contribution in [0.5, 0.6) is 0 Å². The highest BCUT2D eigenvalue weighted by atomic mass is 16.4. The monoisotopic (exact) mass is 351 g/mol. The summed E-state index contributed by atoms with van der Waals surface area (Å²) in [6.45, 7) is 0.311. The van der Waals surface area contributed by atoms with Crippen LogP contribution in [0.2, 0.25) is 0 Å². The standard InChI is InChI=1S/C21H25N3O2/c25-18(12-21-9-14-6-15(10-21)8-16(7-14)11-21)22-13-19-23-24-20(26-19)17-4-2-1-3-5-17/h1-5,14-16H,6-13H2,(H,22,25). The summed E-state index contributed by atoms with van der Waals surface area (Å²) in [7, 11) is 0. The van der Waals surface area contributed by atoms with Crippen LogP contribution < -0.4 is 5.32 Å². The van der Waals surface area contributed by atoms with Gasteiger partial charge in [-0.15, -0.1) is 10.2 Å². The zero-order valence-corrected chi connectivity index (χ0v) is 15.0. The summed E-state index contributed by atoms with van der Waals surface area (Å²) in [6.07, 6.45) is 8.65. The zero-order chi connectivity index (χ0) is 17.6. The lowest BCUT2D eigenvalue weighted by Gasteiger charge is -2.56. The second-order valence-electron chi connectivity index (χ2n) is 8.74. The molecule has 1 amide bonds. The summed E-state index contributed by atoms with van der Waals surface area (Å²) in [6, 6.07) is 9.69. The summed E-state index contributed by atoms with van der Waals surface area (Å²) in [5.41, 5.74) is 1.16. The van der Waals surface area contributed by atoms with Gasteiger partial charge in [-0.2, -0.15) is 0 Å². The van der Waals surface area contributed by atoms with Gasteiger partial charge < -0.3 is 9.73 Å². The van der Waals surface area contributed by atoms with Gasteiger partial charge in [-0.05, 0) is 73.8 Å². The molecule has 1 aromatic carbocycles. The Balaban J connectivity index is 1.19. The summed E-state index contributed by atoms with van der Waals surface area (Å²) in [4.78, 5) is 12.6. The average molecular weight is 351 g/mol. The van der Waals surface area contributed by atoms with E-state index in [-0.39, 0.29) is 11.3 Å². The SMILES string of the molecule is O=C(CC12CC3CC(CC(C3)C1)C2)NCc1nnc(-c2ccccc2)o1. The van der Waals surface area contributed by atoms with Crippen LogP contribution in [0.25, 0.3) is 11.5 Å². The minimum absolute atomic E-state index is 0.131. The molecule has 1 heterocycles. The van der Waals surface area contributed by atoms with E-state index in [2.05, 4.69) is 15.5 Å². The Hall–Kier alpha value is -2.17. The predicted molar refractivity (Wildman–Crippen MR) is 96.8 cm³/mol. The van der Waals surface area contributed by atoms with Crippen molar-refractivity contribution in [1.29, 1.82) is 0 Å². The molecule has 5 nitrogen and oxygen atoms in total. The number of benzene rings is 1. The van der Waals surface area contributed by atoms with Crippen molar-refractivity contribution in [3.8, 4) is 11.5 Å². The number of aromatic nitrogens is 2. The molecule has 4 saturated carbocycles. The van der Waals surface area contributed by atoms with Gasteiger partial charge in [0, 0.05) is 12.0 Å². The highest BCUT2D eigenvalue weighted by molar-refractivity contribution is 5.76. The molecule has 4 aliphatic carbocycles. The van der Waals surface area contributed by atoms with Gasteiger partial charge in [0.1, 0.15) is 0 Å². The fraction of sp³-hybridized carbons (Fsp3) is 0.571. The summed E-state index contributed by atoms with van der Waals surface area (Å²) < 4.78 is 5.68. The van der Waals surface area contributed by atoms with Crippen LogP contribution in [-0.4, -0.2) is 16.1 Å². The molecule has 26 heavy (non-hydrogen) atoms. The van der Waals surface area contributed by atoms with E-state index in [4.69, 9.17) is 4.42 Å². The highest BCUT2D eigenvalue weighted by Gasteiger charge is 2.51. The van der Waals surface area contributed by atoms with E-state index in [0.29, 0.717) is 24.7 Å². The molecule has 1 N–H and O–H groups in total. The Morgan fingerprint density at radius 1 is 1.04 bits per heavy atom. The topological polar surface area (TPSA) is 68.0 Å². The number of amides is 1. The maximum absolute atomic E-state index is 12.6. The van der Waals surface area contributed by atoms with E-state index >= 15 is 0 Å². The smallest absolute Gasteiger partial charge is 0.247 e. The molecular weight excluding hydrogens is 326 g/mol. The van der Waals surface area contributed by atoms with Crippen molar-refractivity contribution in [3.63, 3.8) is 0 Å². The number of hydrogen-bond acceptors (Lipinski definition) is 4. The van der Waals surface area contributed by atoms with Crippen LogP contribution in [0.1, 0.15) is 50.8 Å². The summed E-state index contributed by atoms with van der Waals surface area (Å²) in [5, 5.41) is 11.1. The number of hydrogen-bond donors (Lipinski definition) is 1. The van der Waals surface area contributed by atoms with Gasteiger partial charge in [-0.25, -0.2) is 0 Å². The van der Waals surface area contributed by atoms with Gasteiger partial charge >= 0.3 is 0 Å². The van der Waals surface area contributed by atoms with Crippen LogP contribution in [-0.2, 0) is 11.3 Å². The third kappa shape index (κ3) is 3.04. The lowest BCUT2D eigenvalue weighted by atomic mass is 9.49. The predicted octanol–water partition coefficient (Wildman–Crippen LogP) is 3.96. The van der Waals surface area contributed by atoms with Crippen LogP contribution in [0.4, 0.5) is 0 Å². The van der Waals surface area contributed by atoms with Crippen molar-refractivity contribution in [1.82, 2.24) is 15.5 Å². The van der Waals surface area contributed by atoms with Gasteiger partial charge in [0.25, 0.3) is 0 Å². The second kappa shape index (κ2) is 6.22. The van der Waals surface area contributed by atoms with Crippen LogP contribution in [0, 0.1) is 23.2 Å². The molecule has 4 bridgehead atoms. The number of carbonyl (C=O) groups is 1. The summed E-state index contributed by atoms with van der Waals surface area (Å²) in [5.74, 6) is 3.71. The first-order valence-corrected chi connectivity index (χ1v) is 9.82. The lowest BCUT2D eigenvalue weighted by molar-refractivity contribution is -0.129. The number of rotatable bonds is 5. The van der Waals surface area contributed by atoms with Crippen molar-refractivity contribution >= 4 is 5.91 Å². The van der Waals surface area contributed by atoms with Crippen molar-refractivity contribution in [3.05, 3.63) is 36.2 Å². The third-order valence-corrected chi connectivity index (χ3v) is 6.62. The van der Waals surface area contributed by atoms with E-state index in [1.54, 1.807) is 0 Å². The molecule has 5 heteroatoms. The van der Waals surface area contributed by atoms with Gasteiger partial charge in [0.05, 0.1) is 6.54 Å². The maximum atomic E-state index is 12.6. The van der Waals surface area contributed by atoms with Gasteiger partial charge in [-0.3, -0.25) is 4.79 Å². The minimum Gasteiger partial charge on any atom is -0.419 e. The van der Waals surface area contributed by atoms with E-state index in [1.807, 2.05) is 30.3 Å². The van der Waals surface area contributed by atoms with Crippen molar-refractivity contribution in [2.75, 3.05) is 0 Å². The minimum atomic E-state index is 0.131. The Bertz CT molecular complexity index is 763. The summed E-state index contributed by atoms with van der Waals surface area (Å²) >= 11 is 0. The van der Waals surface area contributed by atoms with Crippen LogP contribution in [0.3, 0.4) is 0 Å². The lowest BCUT2D eigenvalue weighted by Crippen LogP contribution is -2.47. The van der Waals surface area contributed by atoms with E-state index < -0.39 is 0 Å². The molecule has 0 aliphatic heterocycles.